The molecule has 1 fully saturated rings. The average Bonchev–Trinajstić information content (AvgIpc) is 1.46. The molecule has 7 N–H and O–H groups in total. The number of anilines is 1. The number of esters is 4. The fraction of sp³-hybridized carbons (Fsp3) is 0.359. The first-order chi connectivity index (χ1) is 41.0. The molecule has 454 valence electrons. The van der Waals surface area contributed by atoms with E-state index in [-0.39, 0.29) is 39.1 Å². The minimum atomic E-state index is -2.22. The van der Waals surface area contributed by atoms with Crippen molar-refractivity contribution in [2.75, 3.05) is 19.0 Å². The largest absolute Gasteiger partial charge is 0.507 e. The minimum absolute atomic E-state index is 0.0152. The monoisotopic (exact) mass is 1180 g/mol. The smallest absolute Gasteiger partial charge is 0.338 e. The second-order valence-electron chi connectivity index (χ2n) is 21.5. The van der Waals surface area contributed by atoms with Crippen LogP contribution in [0.4, 0.5) is 5.69 Å². The summed E-state index contributed by atoms with van der Waals surface area (Å²) in [6.07, 6.45) is -2.25. The van der Waals surface area contributed by atoms with Crippen LogP contribution in [0.25, 0.3) is 10.8 Å². The molecule has 4 heterocycles. The van der Waals surface area contributed by atoms with Crippen LogP contribution < -0.4 is 15.5 Å². The summed E-state index contributed by atoms with van der Waals surface area (Å²) in [5.74, 6) is -12.6. The van der Waals surface area contributed by atoms with Gasteiger partial charge >= 0.3 is 29.7 Å². The Labute approximate surface area is 495 Å². The highest BCUT2D eigenvalue weighted by Gasteiger charge is 2.52. The highest BCUT2D eigenvalue weighted by Crippen LogP contribution is 2.55. The van der Waals surface area contributed by atoms with Crippen LogP contribution in [-0.2, 0) is 42.7 Å². The first-order valence-corrected chi connectivity index (χ1v) is 27.7. The average molecular weight is 1180 g/mol. The number of rotatable bonds is 12. The van der Waals surface area contributed by atoms with E-state index in [1.165, 1.54) is 89.4 Å². The number of carbonyl (C=O) groups excluding carboxylic acids is 6. The summed E-state index contributed by atoms with van der Waals surface area (Å²) in [6, 6.07) is 23.8. The van der Waals surface area contributed by atoms with Gasteiger partial charge in [0.1, 0.15) is 36.1 Å². The van der Waals surface area contributed by atoms with Crippen LogP contribution in [0, 0.1) is 30.6 Å². The van der Waals surface area contributed by atoms with Gasteiger partial charge in [0.25, 0.3) is 11.7 Å². The van der Waals surface area contributed by atoms with Crippen molar-refractivity contribution in [1.82, 2.24) is 5.43 Å². The van der Waals surface area contributed by atoms with E-state index in [0.29, 0.717) is 0 Å². The fourth-order valence-electron chi connectivity index (χ4n) is 10.6. The number of phenolic OH excluding ortho intramolecular Hbond substituents is 3. The van der Waals surface area contributed by atoms with Crippen LogP contribution >= 0.6 is 0 Å². The van der Waals surface area contributed by atoms with Gasteiger partial charge in [0.2, 0.25) is 0 Å². The third-order valence-electron chi connectivity index (χ3n) is 15.6. The second kappa shape index (κ2) is 26.9. The summed E-state index contributed by atoms with van der Waals surface area (Å²) >= 11 is 0. The lowest BCUT2D eigenvalue weighted by Gasteiger charge is -2.38. The zero-order valence-corrected chi connectivity index (χ0v) is 48.7. The summed E-state index contributed by atoms with van der Waals surface area (Å²) in [6.45, 7) is 11.5. The minimum Gasteiger partial charge on any atom is -0.507 e. The molecule has 13 atom stereocenters. The third kappa shape index (κ3) is 13.2. The van der Waals surface area contributed by atoms with E-state index < -0.39 is 160 Å². The van der Waals surface area contributed by atoms with Gasteiger partial charge in [-0.3, -0.25) is 19.8 Å². The lowest BCUT2D eigenvalue weighted by molar-refractivity contribution is -0.160. The zero-order valence-electron chi connectivity index (χ0n) is 48.7. The fourth-order valence-corrected chi connectivity index (χ4v) is 10.6. The number of aliphatic hydroxyl groups excluding tert-OH is 2. The number of amides is 1. The molecule has 5 aromatic carbocycles. The molecule has 4 aliphatic rings. The molecule has 0 spiro atoms. The number of nitrogens with zero attached hydrogens (tertiary/aromatic N) is 1. The lowest BCUT2D eigenvalue weighted by Crippen LogP contribution is -2.46. The van der Waals surface area contributed by atoms with Crippen molar-refractivity contribution in [3.63, 3.8) is 0 Å². The molecule has 22 nitrogen and oxygen atoms in total. The van der Waals surface area contributed by atoms with Gasteiger partial charge in [0.05, 0.1) is 69.7 Å². The highest BCUT2D eigenvalue weighted by atomic mass is 16.7. The Bertz CT molecular complexity index is 3480. The Balaban J connectivity index is 1.24. The Kier molecular flexibility index (Phi) is 19.7. The number of ketones is 1. The maximum atomic E-state index is 14.9. The molecule has 0 radical (unpaired) electrons. The second-order valence-corrected chi connectivity index (χ2v) is 21.5. The van der Waals surface area contributed by atoms with E-state index >= 15 is 0 Å². The van der Waals surface area contributed by atoms with Crippen LogP contribution in [0.5, 0.6) is 23.0 Å². The quantitative estimate of drug-likeness (QED) is 0.0157. The standard InChI is InChI=1S/C64H69N3O19/c1-32-20-19-21-33(2)59(75)66-48-42(30-65-67-60-57(85-63(78)41-26-17-12-18-27-41)56(84-62(77)40-24-15-11-16-25-40)44(83-60)31-80-61(76)39-22-13-10-14-23-39)52(72)45-46(53(48)73)51(71)37(6)55-47(45)58(74)64(8,86-55)81-29-28-43(79-9)34(3)54(82-38(7)68)36(5)50(70)35(4)49(32)69/h10-30,32,34-36,43-44,49-50,54,56-57,60,67,69-73H,31H2,1-9H3,(H,66,75)/b20-19+,29-28+,33-21-,65-30-/t32-,34+,35+,36+,43-,44?,49-,50+,54+,56?,57?,60?,64-/m0/s1. The van der Waals surface area contributed by atoms with Crippen molar-refractivity contribution in [2.24, 2.45) is 28.8 Å². The molecule has 0 saturated carbocycles. The summed E-state index contributed by atoms with van der Waals surface area (Å²) in [5.41, 5.74) is 1.69. The number of hydrazone groups is 1. The normalized spacial score (nSPS) is 28.3. The van der Waals surface area contributed by atoms with E-state index in [0.717, 1.165) is 12.5 Å². The SMILES string of the molecule is CO[C@H]1/C=C/O[C@@]2(C)Oc3c(C)c(O)c4c(O)c(c(/C=N\NC5OC(COC(=O)c6ccccc6)C(OC(=O)c6ccccc6)C5OC(=O)c5ccccc5)c(O)c4c3C2=O)NC(=O)/C(C)=C\C=C\[C@H](C)[C@H](O)[C@@H](C)[C@@H](O)[C@@H](C)[C@H](OC(C)=O)[C@@H]1C. The number of nitrogens with one attached hydrogen (secondary N) is 2. The third-order valence-corrected chi connectivity index (χ3v) is 15.6. The number of methoxy groups -OCH3 is 1. The lowest BCUT2D eigenvalue weighted by atomic mass is 9.78. The van der Waals surface area contributed by atoms with Crippen molar-refractivity contribution < 1.29 is 92.2 Å². The van der Waals surface area contributed by atoms with Crippen molar-refractivity contribution in [1.29, 1.82) is 0 Å². The van der Waals surface area contributed by atoms with Gasteiger partial charge in [-0.15, -0.1) is 0 Å². The van der Waals surface area contributed by atoms with Crippen molar-refractivity contribution in [3.05, 3.63) is 161 Å². The van der Waals surface area contributed by atoms with Crippen LogP contribution in [0.15, 0.2) is 132 Å². The van der Waals surface area contributed by atoms with E-state index in [2.05, 4.69) is 15.8 Å². The number of Topliss-reactive ketones (excluding diaryl/α,β-unsaturated/α-hetero) is 1. The number of carbonyl (C=O) groups is 6. The van der Waals surface area contributed by atoms with Crippen molar-refractivity contribution in [3.8, 4) is 23.0 Å². The number of aliphatic hydroxyl groups is 2. The first kappa shape index (κ1) is 62.9. The van der Waals surface area contributed by atoms with Crippen LogP contribution in [-0.4, -0.2) is 136 Å². The number of fused-ring (bicyclic) bond motifs is 14. The van der Waals surface area contributed by atoms with E-state index in [1.807, 2.05) is 0 Å². The van der Waals surface area contributed by atoms with Crippen molar-refractivity contribution in [2.45, 2.75) is 110 Å². The first-order valence-electron chi connectivity index (χ1n) is 27.7. The van der Waals surface area contributed by atoms with Crippen LogP contribution in [0.1, 0.15) is 101 Å². The number of allylic oxidation sites excluding steroid dienone is 2. The molecule has 22 heteroatoms. The topological polar surface area (TPSA) is 314 Å². The Morgan fingerprint density at radius 2 is 1.30 bits per heavy atom. The van der Waals surface area contributed by atoms with E-state index in [9.17, 15) is 54.3 Å². The predicted octanol–water partition coefficient (Wildman–Crippen LogP) is 7.71. The van der Waals surface area contributed by atoms with Gasteiger partial charge in [0, 0.05) is 61.2 Å². The molecule has 4 aliphatic heterocycles. The van der Waals surface area contributed by atoms with E-state index in [4.69, 9.17) is 37.9 Å². The molecule has 86 heavy (non-hydrogen) atoms. The summed E-state index contributed by atoms with van der Waals surface area (Å²) in [4.78, 5) is 82.7. The maximum absolute atomic E-state index is 14.9. The van der Waals surface area contributed by atoms with E-state index in [1.54, 1.807) is 88.4 Å². The maximum Gasteiger partial charge on any atom is 0.338 e. The molecular formula is C64H69N3O19. The number of aromatic hydroxyl groups is 3. The van der Waals surface area contributed by atoms with Gasteiger partial charge in [-0.25, -0.2) is 14.4 Å². The molecule has 9 rings (SSSR count). The van der Waals surface area contributed by atoms with Crippen LogP contribution in [0.3, 0.4) is 0 Å². The zero-order chi connectivity index (χ0) is 62.3. The molecule has 1 amide bonds. The number of hydrogen-bond acceptors (Lipinski definition) is 21. The molecule has 5 aromatic rings. The molecule has 5 bridgehead atoms. The van der Waals surface area contributed by atoms with Crippen molar-refractivity contribution >= 4 is 58.2 Å². The van der Waals surface area contributed by atoms with Gasteiger partial charge in [-0.2, -0.15) is 5.10 Å². The van der Waals surface area contributed by atoms with Gasteiger partial charge in [-0.05, 0) is 56.3 Å². The number of hydrogen-bond donors (Lipinski definition) is 7. The van der Waals surface area contributed by atoms with Gasteiger partial charge < -0.3 is 68.7 Å². The number of ether oxygens (including phenoxy) is 8. The molecular weight excluding hydrogens is 1110 g/mol. The predicted molar refractivity (Wildman–Crippen MR) is 311 cm³/mol. The number of benzene rings is 5. The molecule has 0 aliphatic carbocycles. The molecule has 4 unspecified atom stereocenters. The summed E-state index contributed by atoms with van der Waals surface area (Å²) < 4.78 is 47.9. The summed E-state index contributed by atoms with van der Waals surface area (Å²) in [5, 5.41) is 66.1. The summed E-state index contributed by atoms with van der Waals surface area (Å²) in [7, 11) is 1.39. The molecule has 1 saturated heterocycles. The van der Waals surface area contributed by atoms with Gasteiger partial charge in [-0.1, -0.05) is 101 Å². The Morgan fingerprint density at radius 3 is 1.88 bits per heavy atom. The highest BCUT2D eigenvalue weighted by molar-refractivity contribution is 6.24. The molecule has 0 aromatic heterocycles. The van der Waals surface area contributed by atoms with Crippen LogP contribution in [0.2, 0.25) is 0 Å². The van der Waals surface area contributed by atoms with Gasteiger partial charge in [0.15, 0.2) is 24.2 Å². The Hall–Kier alpha value is -9.09. The number of phenols is 3. The Morgan fingerprint density at radius 1 is 0.721 bits per heavy atom.